The molecule has 0 aliphatic carbocycles. The van der Waals surface area contributed by atoms with Crippen LogP contribution >= 0.6 is 0 Å². The van der Waals surface area contributed by atoms with E-state index < -0.39 is 5.82 Å². The molecule has 0 fully saturated rings. The molecular formula is C16H16FNO3. The van der Waals surface area contributed by atoms with Crippen LogP contribution in [0.5, 0.6) is 5.75 Å². The largest absolute Gasteiger partial charge is 0.508 e. The molecule has 4 nitrogen and oxygen atoms in total. The Balaban J connectivity index is 2.11. The number of hydrogen-bond acceptors (Lipinski definition) is 4. The summed E-state index contributed by atoms with van der Waals surface area (Å²) < 4.78 is 17.8. The molecule has 0 atom stereocenters. The van der Waals surface area contributed by atoms with Gasteiger partial charge in [0.25, 0.3) is 0 Å². The van der Waals surface area contributed by atoms with Crippen molar-refractivity contribution < 1.29 is 19.0 Å². The molecule has 2 aromatic carbocycles. The van der Waals surface area contributed by atoms with Crippen molar-refractivity contribution in [1.29, 1.82) is 0 Å². The summed E-state index contributed by atoms with van der Waals surface area (Å²) in [5.74, 6) is -0.978. The van der Waals surface area contributed by atoms with Crippen LogP contribution in [0.2, 0.25) is 0 Å². The minimum absolute atomic E-state index is 0.107. The number of phenols is 1. The van der Waals surface area contributed by atoms with Crippen molar-refractivity contribution >= 4 is 11.7 Å². The van der Waals surface area contributed by atoms with Crippen molar-refractivity contribution in [2.24, 2.45) is 0 Å². The molecule has 0 saturated heterocycles. The van der Waals surface area contributed by atoms with Gasteiger partial charge in [-0.25, -0.2) is 9.18 Å². The lowest BCUT2D eigenvalue weighted by Gasteiger charge is -2.11. The topological polar surface area (TPSA) is 58.6 Å². The van der Waals surface area contributed by atoms with Crippen molar-refractivity contribution in [1.82, 2.24) is 0 Å². The number of carbonyl (C=O) groups excluding carboxylic acids is 1. The van der Waals surface area contributed by atoms with Gasteiger partial charge in [0.05, 0.1) is 12.7 Å². The molecule has 0 bridgehead atoms. The number of benzene rings is 2. The van der Waals surface area contributed by atoms with Gasteiger partial charge in [0.1, 0.15) is 11.6 Å². The second-order valence-corrected chi connectivity index (χ2v) is 4.69. The van der Waals surface area contributed by atoms with E-state index in [9.17, 15) is 14.3 Å². The van der Waals surface area contributed by atoms with Crippen molar-refractivity contribution in [2.45, 2.75) is 13.5 Å². The number of esters is 1. The summed E-state index contributed by atoms with van der Waals surface area (Å²) in [5.41, 5.74) is 2.80. The van der Waals surface area contributed by atoms with Crippen molar-refractivity contribution in [3.8, 4) is 5.75 Å². The van der Waals surface area contributed by atoms with Crippen LogP contribution in [-0.4, -0.2) is 18.2 Å². The number of ether oxygens (including phenoxy) is 1. The van der Waals surface area contributed by atoms with Crippen LogP contribution in [0.25, 0.3) is 0 Å². The normalized spacial score (nSPS) is 10.2. The molecule has 0 amide bonds. The molecule has 5 heteroatoms. The number of methoxy groups -OCH3 is 1. The van der Waals surface area contributed by atoms with Gasteiger partial charge in [-0.05, 0) is 48.4 Å². The van der Waals surface area contributed by atoms with Crippen LogP contribution in [0.15, 0.2) is 36.4 Å². The van der Waals surface area contributed by atoms with Crippen LogP contribution in [0.1, 0.15) is 21.5 Å². The van der Waals surface area contributed by atoms with Crippen LogP contribution in [0.4, 0.5) is 10.1 Å². The molecule has 0 aliphatic rings. The highest BCUT2D eigenvalue weighted by molar-refractivity contribution is 5.90. The lowest BCUT2D eigenvalue weighted by molar-refractivity contribution is 0.0600. The first-order valence-corrected chi connectivity index (χ1v) is 6.41. The maximum Gasteiger partial charge on any atom is 0.337 e. The standard InChI is InChI=1S/C16H16FNO3/c1-10-5-12(16(20)21-2)3-4-15(10)18-9-11-6-13(17)8-14(19)7-11/h3-8,18-19H,9H2,1-2H3. The maximum atomic E-state index is 13.2. The van der Waals surface area contributed by atoms with Crippen LogP contribution in [0.3, 0.4) is 0 Å². The van der Waals surface area contributed by atoms with Gasteiger partial charge in [0, 0.05) is 18.3 Å². The predicted octanol–water partition coefficient (Wildman–Crippen LogP) is 3.24. The average Bonchev–Trinajstić information content (AvgIpc) is 2.44. The summed E-state index contributed by atoms with van der Waals surface area (Å²) in [7, 11) is 1.33. The lowest BCUT2D eigenvalue weighted by Crippen LogP contribution is -2.05. The quantitative estimate of drug-likeness (QED) is 0.848. The van der Waals surface area contributed by atoms with E-state index in [1.165, 1.54) is 19.2 Å². The molecule has 0 radical (unpaired) electrons. The van der Waals surface area contributed by atoms with E-state index in [2.05, 4.69) is 10.1 Å². The molecule has 0 saturated carbocycles. The monoisotopic (exact) mass is 289 g/mol. The maximum absolute atomic E-state index is 13.2. The van der Waals surface area contributed by atoms with Crippen LogP contribution in [0, 0.1) is 12.7 Å². The first-order valence-electron chi connectivity index (χ1n) is 6.41. The smallest absolute Gasteiger partial charge is 0.337 e. The summed E-state index contributed by atoms with van der Waals surface area (Å²) in [6.07, 6.45) is 0. The average molecular weight is 289 g/mol. The minimum Gasteiger partial charge on any atom is -0.508 e. The first kappa shape index (κ1) is 14.8. The molecule has 0 unspecified atom stereocenters. The summed E-state index contributed by atoms with van der Waals surface area (Å²) in [4.78, 5) is 11.4. The van der Waals surface area contributed by atoms with Gasteiger partial charge >= 0.3 is 5.97 Å². The number of phenolic OH excluding ortho intramolecular Hbond substituents is 1. The number of nitrogens with one attached hydrogen (secondary N) is 1. The summed E-state index contributed by atoms with van der Waals surface area (Å²) in [6, 6.07) is 9.04. The summed E-state index contributed by atoms with van der Waals surface area (Å²) in [6.45, 7) is 2.22. The van der Waals surface area contributed by atoms with E-state index in [1.807, 2.05) is 6.92 Å². The summed E-state index contributed by atoms with van der Waals surface area (Å²) in [5, 5.41) is 12.5. The van der Waals surface area contributed by atoms with E-state index in [0.717, 1.165) is 17.3 Å². The fourth-order valence-corrected chi connectivity index (χ4v) is 2.04. The Morgan fingerprint density at radius 1 is 1.29 bits per heavy atom. The fourth-order valence-electron chi connectivity index (χ4n) is 2.04. The third kappa shape index (κ3) is 3.72. The SMILES string of the molecule is COC(=O)c1ccc(NCc2cc(O)cc(F)c2)c(C)c1. The molecular weight excluding hydrogens is 273 g/mol. The van der Waals surface area contributed by atoms with Gasteiger partial charge in [-0.1, -0.05) is 0 Å². The molecule has 2 N–H and O–H groups in total. The van der Waals surface area contributed by atoms with Gasteiger partial charge in [-0.15, -0.1) is 0 Å². The highest BCUT2D eigenvalue weighted by atomic mass is 19.1. The second-order valence-electron chi connectivity index (χ2n) is 4.69. The lowest BCUT2D eigenvalue weighted by atomic mass is 10.1. The Bertz CT molecular complexity index is 650. The summed E-state index contributed by atoms with van der Waals surface area (Å²) >= 11 is 0. The van der Waals surface area contributed by atoms with Crippen molar-refractivity contribution in [3.05, 3.63) is 58.9 Å². The van der Waals surface area contributed by atoms with Crippen LogP contribution < -0.4 is 5.32 Å². The third-order valence-electron chi connectivity index (χ3n) is 3.07. The molecule has 0 spiro atoms. The van der Waals surface area contributed by atoms with Crippen LogP contribution in [-0.2, 0) is 11.3 Å². The number of aromatic hydroxyl groups is 1. The van der Waals surface area contributed by atoms with Crippen molar-refractivity contribution in [2.75, 3.05) is 12.4 Å². The molecule has 0 aromatic heterocycles. The third-order valence-corrected chi connectivity index (χ3v) is 3.07. The number of halogens is 1. The zero-order valence-corrected chi connectivity index (χ0v) is 11.8. The van der Waals surface area contributed by atoms with Gasteiger partial charge < -0.3 is 15.2 Å². The van der Waals surface area contributed by atoms with E-state index in [4.69, 9.17) is 0 Å². The predicted molar refractivity (Wildman–Crippen MR) is 77.9 cm³/mol. The number of carbonyl (C=O) groups is 1. The van der Waals surface area contributed by atoms with Gasteiger partial charge in [0.15, 0.2) is 0 Å². The van der Waals surface area contributed by atoms with E-state index in [-0.39, 0.29) is 11.7 Å². The number of hydrogen-bond donors (Lipinski definition) is 2. The van der Waals surface area contributed by atoms with E-state index in [0.29, 0.717) is 17.7 Å². The van der Waals surface area contributed by atoms with Gasteiger partial charge in [0.2, 0.25) is 0 Å². The van der Waals surface area contributed by atoms with E-state index in [1.54, 1.807) is 18.2 Å². The Kier molecular flexibility index (Phi) is 4.42. The fraction of sp³-hybridized carbons (Fsp3) is 0.188. The van der Waals surface area contributed by atoms with Crippen molar-refractivity contribution in [3.63, 3.8) is 0 Å². The second kappa shape index (κ2) is 6.26. The Morgan fingerprint density at radius 3 is 2.67 bits per heavy atom. The highest BCUT2D eigenvalue weighted by Crippen LogP contribution is 2.20. The number of aryl methyl sites for hydroxylation is 1. The minimum atomic E-state index is -0.482. The van der Waals surface area contributed by atoms with E-state index >= 15 is 0 Å². The molecule has 2 rings (SSSR count). The first-order chi connectivity index (χ1) is 9.99. The zero-order valence-electron chi connectivity index (χ0n) is 11.8. The molecule has 0 heterocycles. The molecule has 21 heavy (non-hydrogen) atoms. The zero-order chi connectivity index (χ0) is 15.4. The molecule has 0 aliphatic heterocycles. The Hall–Kier alpha value is -2.56. The Morgan fingerprint density at radius 2 is 2.05 bits per heavy atom. The number of anilines is 1. The van der Waals surface area contributed by atoms with Gasteiger partial charge in [-0.2, -0.15) is 0 Å². The molecule has 2 aromatic rings. The number of rotatable bonds is 4. The van der Waals surface area contributed by atoms with Gasteiger partial charge in [-0.3, -0.25) is 0 Å². The molecule has 110 valence electrons. The Labute approximate surface area is 122 Å². The highest BCUT2D eigenvalue weighted by Gasteiger charge is 2.07.